The van der Waals surface area contributed by atoms with Crippen LogP contribution < -0.4 is 0 Å². The average Bonchev–Trinajstić information content (AvgIpc) is 3.01. The fourth-order valence-electron chi connectivity index (χ4n) is 4.92. The van der Waals surface area contributed by atoms with Crippen molar-refractivity contribution in [3.8, 4) is 11.1 Å². The maximum absolute atomic E-state index is 4.93. The molecule has 0 nitrogen and oxygen atoms in total. The second-order valence-corrected chi connectivity index (χ2v) is 12.1. The standard InChI is InChI=1S/C27H27.2ClH.Zr/c1-2-4-9-20(8-3-1)16-21-17-24-12-7-13-26(27(24)18-21)25-15-14-22-10-5-6-11-23(22)19-25;;;/h5-7,10-15,17-20H,1-4,8-9,16H2;2*1H;/q-1;;;+2/p-2. The second kappa shape index (κ2) is 11.0. The Bertz CT molecular complexity index is 1090. The summed E-state index contributed by atoms with van der Waals surface area (Å²) in [5.74, 6) is 0.883. The zero-order valence-corrected chi connectivity index (χ0v) is 21.2. The van der Waals surface area contributed by atoms with Crippen LogP contribution in [0.1, 0.15) is 44.1 Å². The Morgan fingerprint density at radius 2 is 1.53 bits per heavy atom. The third-order valence-electron chi connectivity index (χ3n) is 6.37. The molecule has 0 spiro atoms. The second-order valence-electron chi connectivity index (χ2n) is 8.37. The van der Waals surface area contributed by atoms with E-state index in [1.54, 1.807) is 0 Å². The van der Waals surface area contributed by atoms with Gasteiger partial charge in [0, 0.05) is 0 Å². The molecular weight excluding hydrogens is 486 g/mol. The van der Waals surface area contributed by atoms with Gasteiger partial charge in [0.1, 0.15) is 0 Å². The minimum Gasteiger partial charge on any atom is -0.164 e. The van der Waals surface area contributed by atoms with E-state index in [9.17, 15) is 0 Å². The van der Waals surface area contributed by atoms with Gasteiger partial charge in [-0.15, -0.1) is 34.5 Å². The molecule has 3 heteroatoms. The first-order valence-corrected chi connectivity index (χ1v) is 17.3. The van der Waals surface area contributed by atoms with E-state index in [4.69, 9.17) is 17.0 Å². The van der Waals surface area contributed by atoms with Gasteiger partial charge in [-0.05, 0) is 34.7 Å². The summed E-state index contributed by atoms with van der Waals surface area (Å²) in [6.07, 6.45) is 9.81. The minimum atomic E-state index is -0.826. The Hall–Kier alpha value is -1.01. The van der Waals surface area contributed by atoms with Crippen LogP contribution in [0.15, 0.2) is 72.8 Å². The van der Waals surface area contributed by atoms with E-state index in [0.29, 0.717) is 0 Å². The van der Waals surface area contributed by atoms with Crippen molar-refractivity contribution in [2.75, 3.05) is 0 Å². The summed E-state index contributed by atoms with van der Waals surface area (Å²) in [4.78, 5) is 0. The van der Waals surface area contributed by atoms with Crippen LogP contribution in [0.2, 0.25) is 0 Å². The fourth-order valence-corrected chi connectivity index (χ4v) is 4.92. The van der Waals surface area contributed by atoms with E-state index in [-0.39, 0.29) is 0 Å². The van der Waals surface area contributed by atoms with Gasteiger partial charge < -0.3 is 0 Å². The van der Waals surface area contributed by atoms with Crippen molar-refractivity contribution in [2.24, 2.45) is 5.92 Å². The zero-order valence-electron chi connectivity index (χ0n) is 17.2. The van der Waals surface area contributed by atoms with Crippen molar-refractivity contribution < 1.29 is 20.8 Å². The van der Waals surface area contributed by atoms with Gasteiger partial charge in [0.15, 0.2) is 0 Å². The summed E-state index contributed by atoms with van der Waals surface area (Å²) in [6, 6.07) is 27.2. The van der Waals surface area contributed by atoms with Crippen LogP contribution in [0.3, 0.4) is 0 Å². The molecule has 0 bridgehead atoms. The summed E-state index contributed by atoms with van der Waals surface area (Å²) in [5, 5.41) is 5.43. The Morgan fingerprint density at radius 3 is 2.30 bits per heavy atom. The van der Waals surface area contributed by atoms with E-state index in [1.807, 2.05) is 0 Å². The molecule has 154 valence electrons. The maximum Gasteiger partial charge on any atom is -0.0178 e. The van der Waals surface area contributed by atoms with Crippen LogP contribution in [0, 0.1) is 5.92 Å². The van der Waals surface area contributed by atoms with Crippen LogP contribution in [0.25, 0.3) is 32.7 Å². The Kier molecular flexibility index (Phi) is 8.16. The molecule has 30 heavy (non-hydrogen) atoms. The summed E-state index contributed by atoms with van der Waals surface area (Å²) < 4.78 is 0. The third-order valence-corrected chi connectivity index (χ3v) is 6.37. The summed E-state index contributed by atoms with van der Waals surface area (Å²) in [7, 11) is 9.87. The molecule has 0 amide bonds. The van der Waals surface area contributed by atoms with Crippen molar-refractivity contribution in [1.82, 2.24) is 0 Å². The summed E-state index contributed by atoms with van der Waals surface area (Å²) in [5.41, 5.74) is 4.22. The van der Waals surface area contributed by atoms with Gasteiger partial charge in [0.2, 0.25) is 0 Å². The van der Waals surface area contributed by atoms with E-state index in [0.717, 1.165) is 5.92 Å². The van der Waals surface area contributed by atoms with Crippen molar-refractivity contribution in [2.45, 2.75) is 44.9 Å². The summed E-state index contributed by atoms with van der Waals surface area (Å²) >= 11 is -0.826. The number of benzene rings is 3. The maximum atomic E-state index is 4.93. The predicted molar refractivity (Wildman–Crippen MR) is 129 cm³/mol. The van der Waals surface area contributed by atoms with Crippen molar-refractivity contribution in [3.63, 3.8) is 0 Å². The van der Waals surface area contributed by atoms with E-state index in [1.165, 1.54) is 83.2 Å². The monoisotopic (exact) mass is 511 g/mol. The number of hydrogen-bond donors (Lipinski definition) is 0. The van der Waals surface area contributed by atoms with Crippen LogP contribution in [0.4, 0.5) is 0 Å². The minimum absolute atomic E-state index is 0.826. The van der Waals surface area contributed by atoms with Crippen LogP contribution in [-0.4, -0.2) is 0 Å². The smallest absolute Gasteiger partial charge is 0.0178 e. The number of fused-ring (bicyclic) bond motifs is 2. The quantitative estimate of drug-likeness (QED) is 0.189. The van der Waals surface area contributed by atoms with Crippen molar-refractivity contribution in [1.29, 1.82) is 0 Å². The van der Waals surface area contributed by atoms with Gasteiger partial charge in [-0.1, -0.05) is 86.6 Å². The average molecular weight is 514 g/mol. The first-order valence-electron chi connectivity index (χ1n) is 10.9. The molecular formula is C27H27Cl2Zr-. The molecule has 0 atom stereocenters. The van der Waals surface area contributed by atoms with Gasteiger partial charge in [0.05, 0.1) is 0 Å². The van der Waals surface area contributed by atoms with Gasteiger partial charge in [-0.3, -0.25) is 0 Å². The first-order chi connectivity index (χ1) is 14.8. The van der Waals surface area contributed by atoms with Crippen LogP contribution in [0.5, 0.6) is 0 Å². The molecule has 4 aromatic rings. The van der Waals surface area contributed by atoms with Crippen molar-refractivity contribution >= 4 is 38.6 Å². The molecule has 1 fully saturated rings. The predicted octanol–water partition coefficient (Wildman–Crippen LogP) is 9.27. The number of halogens is 2. The molecule has 0 N–H and O–H groups in total. The van der Waals surface area contributed by atoms with Gasteiger partial charge in [0.25, 0.3) is 0 Å². The van der Waals surface area contributed by atoms with Crippen molar-refractivity contribution in [3.05, 3.63) is 78.4 Å². The molecule has 5 rings (SSSR count). The number of hydrogen-bond acceptors (Lipinski definition) is 0. The van der Waals surface area contributed by atoms with Crippen LogP contribution in [-0.2, 0) is 27.3 Å². The molecule has 0 unspecified atom stereocenters. The Balaban J connectivity index is 0.000000687. The largest absolute Gasteiger partial charge is 0.164 e. The molecule has 4 aromatic carbocycles. The number of rotatable bonds is 3. The topological polar surface area (TPSA) is 0 Å². The van der Waals surface area contributed by atoms with E-state index >= 15 is 0 Å². The molecule has 0 saturated heterocycles. The SMILES string of the molecule is [Cl][Zr][Cl].c1ccc2cc(-c3cccc4[cH-]c(CC5CCCCCC5)cc34)ccc2c1. The normalized spacial score (nSPS) is 14.9. The first kappa shape index (κ1) is 22.2. The van der Waals surface area contributed by atoms with Crippen LogP contribution >= 0.6 is 17.0 Å². The fraction of sp³-hybridized carbons (Fsp3) is 0.296. The van der Waals surface area contributed by atoms with E-state index in [2.05, 4.69) is 72.8 Å². The molecule has 0 aliphatic heterocycles. The zero-order chi connectivity index (χ0) is 20.8. The molecule has 1 aliphatic rings. The Labute approximate surface area is 198 Å². The van der Waals surface area contributed by atoms with Gasteiger partial charge >= 0.3 is 37.9 Å². The van der Waals surface area contributed by atoms with Gasteiger partial charge in [-0.2, -0.15) is 6.07 Å². The molecule has 0 aromatic heterocycles. The van der Waals surface area contributed by atoms with E-state index < -0.39 is 20.8 Å². The van der Waals surface area contributed by atoms with Gasteiger partial charge in [-0.25, -0.2) is 0 Å². The molecule has 1 saturated carbocycles. The molecule has 1 aliphatic carbocycles. The summed E-state index contributed by atoms with van der Waals surface area (Å²) in [6.45, 7) is 0. The molecule has 0 heterocycles. The molecule has 0 radical (unpaired) electrons. The Morgan fingerprint density at radius 1 is 0.800 bits per heavy atom. The third kappa shape index (κ3) is 5.42.